The van der Waals surface area contributed by atoms with Crippen LogP contribution in [0.5, 0.6) is 0 Å². The van der Waals surface area contributed by atoms with Crippen molar-refractivity contribution in [2.75, 3.05) is 5.48 Å². The van der Waals surface area contributed by atoms with Gasteiger partial charge in [0.1, 0.15) is 0 Å². The Labute approximate surface area is 75.4 Å². The molecule has 0 amide bonds. The van der Waals surface area contributed by atoms with Gasteiger partial charge in [-0.1, -0.05) is 0 Å². The number of aryl methyl sites for hydroxylation is 2. The highest BCUT2D eigenvalue weighted by Gasteiger charge is 1.99. The highest BCUT2D eigenvalue weighted by molar-refractivity contribution is 5.85. The fraction of sp³-hybridized carbons (Fsp3) is 0.333. The minimum absolute atomic E-state index is 0. The molecule has 2 N–H and O–H groups in total. The van der Waals surface area contributed by atoms with Crippen LogP contribution >= 0.6 is 12.4 Å². The van der Waals surface area contributed by atoms with Crippen molar-refractivity contribution in [2.45, 2.75) is 6.92 Å². The van der Waals surface area contributed by atoms with Crippen LogP contribution in [0.2, 0.25) is 0 Å². The average Bonchev–Trinajstić information content (AvgIpc) is 1.97. The Hall–Kier alpha value is -1.07. The average molecular weight is 192 g/mol. The molecule has 0 aliphatic heterocycles. The monoisotopic (exact) mass is 191 g/mol. The maximum absolute atomic E-state index is 10.9. The second-order valence-corrected chi connectivity index (χ2v) is 2.28. The highest BCUT2D eigenvalue weighted by atomic mass is 35.5. The second-order valence-electron chi connectivity index (χ2n) is 2.28. The highest BCUT2D eigenvalue weighted by Crippen LogP contribution is 2.04. The first-order valence-corrected chi connectivity index (χ1v) is 3.09. The predicted octanol–water partition coefficient (Wildman–Crippen LogP) is 0.312. The molecule has 1 aromatic heterocycles. The summed E-state index contributed by atoms with van der Waals surface area (Å²) in [5.74, 6) is 0.202. The van der Waals surface area contributed by atoms with E-state index >= 15 is 0 Å². The SMILES string of the molecule is Cc1cn(C)c(=O)nc1NO.Cl. The zero-order valence-corrected chi connectivity index (χ0v) is 7.55. The number of nitrogens with zero attached hydrogens (tertiary/aromatic N) is 2. The first kappa shape index (κ1) is 10.9. The molecule has 1 rings (SSSR count). The lowest BCUT2D eigenvalue weighted by atomic mass is 10.3. The van der Waals surface area contributed by atoms with Gasteiger partial charge in [0.2, 0.25) is 0 Å². The third-order valence-electron chi connectivity index (χ3n) is 1.38. The molecule has 0 saturated carbocycles. The molecule has 0 spiro atoms. The van der Waals surface area contributed by atoms with Gasteiger partial charge in [0.15, 0.2) is 5.82 Å². The lowest BCUT2D eigenvalue weighted by Gasteiger charge is -2.02. The van der Waals surface area contributed by atoms with Crippen LogP contribution < -0.4 is 11.2 Å². The van der Waals surface area contributed by atoms with Gasteiger partial charge in [0.25, 0.3) is 0 Å². The Morgan fingerprint density at radius 2 is 2.25 bits per heavy atom. The zero-order valence-electron chi connectivity index (χ0n) is 6.74. The van der Waals surface area contributed by atoms with E-state index in [-0.39, 0.29) is 18.2 Å². The van der Waals surface area contributed by atoms with Crippen molar-refractivity contribution in [1.29, 1.82) is 0 Å². The van der Waals surface area contributed by atoms with E-state index in [1.807, 2.05) is 5.48 Å². The minimum atomic E-state index is -0.396. The molecule has 0 saturated heterocycles. The van der Waals surface area contributed by atoms with Gasteiger partial charge in [0.05, 0.1) is 0 Å². The number of halogens is 1. The smallest absolute Gasteiger partial charge is 0.302 e. The van der Waals surface area contributed by atoms with Crippen molar-refractivity contribution in [1.82, 2.24) is 9.55 Å². The van der Waals surface area contributed by atoms with Gasteiger partial charge in [-0.15, -0.1) is 12.4 Å². The maximum Gasteiger partial charge on any atom is 0.349 e. The lowest BCUT2D eigenvalue weighted by molar-refractivity contribution is 0.384. The quantitative estimate of drug-likeness (QED) is 0.627. The van der Waals surface area contributed by atoms with Crippen molar-refractivity contribution in [3.05, 3.63) is 22.2 Å². The van der Waals surface area contributed by atoms with Crippen molar-refractivity contribution >= 4 is 18.2 Å². The molecule has 5 nitrogen and oxygen atoms in total. The summed E-state index contributed by atoms with van der Waals surface area (Å²) in [6.07, 6.45) is 1.59. The molecule has 6 heteroatoms. The van der Waals surface area contributed by atoms with Crippen LogP contribution in [0.1, 0.15) is 5.56 Å². The standard InChI is InChI=1S/C6H9N3O2.ClH/c1-4-3-9(2)6(10)7-5(4)8-11;/h3,11H,1-2H3,(H,7,8,10);1H. The molecule has 0 unspecified atom stereocenters. The number of anilines is 1. The molecular formula is C6H10ClN3O2. The van der Waals surface area contributed by atoms with Crippen LogP contribution in [0.25, 0.3) is 0 Å². The summed E-state index contributed by atoms with van der Waals surface area (Å²) in [6.45, 7) is 1.74. The number of hydrogen-bond acceptors (Lipinski definition) is 4. The third-order valence-corrected chi connectivity index (χ3v) is 1.38. The number of hydrogen-bond donors (Lipinski definition) is 2. The number of nitrogens with one attached hydrogen (secondary N) is 1. The topological polar surface area (TPSA) is 67.2 Å². The summed E-state index contributed by atoms with van der Waals surface area (Å²) in [4.78, 5) is 14.4. The van der Waals surface area contributed by atoms with E-state index in [4.69, 9.17) is 5.21 Å². The van der Waals surface area contributed by atoms with Gasteiger partial charge in [-0.25, -0.2) is 4.79 Å². The Kier molecular flexibility index (Phi) is 3.72. The van der Waals surface area contributed by atoms with E-state index in [2.05, 4.69) is 4.98 Å². The summed E-state index contributed by atoms with van der Waals surface area (Å²) in [6, 6.07) is 0. The Balaban J connectivity index is 0.00000121. The van der Waals surface area contributed by atoms with Gasteiger partial charge in [-0.2, -0.15) is 4.98 Å². The first-order valence-electron chi connectivity index (χ1n) is 3.09. The number of aromatic nitrogens is 2. The normalized spacial score (nSPS) is 8.92. The van der Waals surface area contributed by atoms with Gasteiger partial charge >= 0.3 is 5.69 Å². The molecule has 0 aromatic carbocycles. The molecule has 0 bridgehead atoms. The fourth-order valence-corrected chi connectivity index (χ4v) is 0.783. The molecule has 1 aromatic rings. The summed E-state index contributed by atoms with van der Waals surface area (Å²) >= 11 is 0. The fourth-order valence-electron chi connectivity index (χ4n) is 0.783. The third kappa shape index (κ3) is 1.96. The Morgan fingerprint density at radius 3 is 2.75 bits per heavy atom. The van der Waals surface area contributed by atoms with Gasteiger partial charge in [0, 0.05) is 18.8 Å². The van der Waals surface area contributed by atoms with E-state index in [9.17, 15) is 4.79 Å². The second kappa shape index (κ2) is 4.08. The van der Waals surface area contributed by atoms with E-state index < -0.39 is 5.69 Å². The Bertz CT molecular complexity index is 323. The maximum atomic E-state index is 10.9. The van der Waals surface area contributed by atoms with Crippen LogP contribution in [0.4, 0.5) is 5.82 Å². The molecule has 0 aliphatic rings. The largest absolute Gasteiger partial charge is 0.349 e. The molecule has 0 atom stereocenters. The van der Waals surface area contributed by atoms with Crippen LogP contribution in [0.15, 0.2) is 11.0 Å². The molecule has 1 heterocycles. The van der Waals surface area contributed by atoms with Crippen LogP contribution in [-0.4, -0.2) is 14.8 Å². The predicted molar refractivity (Wildman–Crippen MR) is 46.9 cm³/mol. The molecule has 0 radical (unpaired) electrons. The van der Waals surface area contributed by atoms with Crippen LogP contribution in [0, 0.1) is 6.92 Å². The van der Waals surface area contributed by atoms with Gasteiger partial charge in [-0.3, -0.25) is 10.7 Å². The van der Waals surface area contributed by atoms with E-state index in [0.717, 1.165) is 5.56 Å². The first-order chi connectivity index (χ1) is 5.15. The molecular weight excluding hydrogens is 182 g/mol. The summed E-state index contributed by atoms with van der Waals surface area (Å²) in [7, 11) is 1.60. The molecule has 12 heavy (non-hydrogen) atoms. The summed E-state index contributed by atoms with van der Waals surface area (Å²) in [5.41, 5.74) is 2.16. The molecule has 68 valence electrons. The summed E-state index contributed by atoms with van der Waals surface area (Å²) in [5, 5.41) is 8.47. The summed E-state index contributed by atoms with van der Waals surface area (Å²) < 4.78 is 1.34. The van der Waals surface area contributed by atoms with E-state index in [1.165, 1.54) is 4.57 Å². The molecule has 0 aliphatic carbocycles. The lowest BCUT2D eigenvalue weighted by Crippen LogP contribution is -2.21. The van der Waals surface area contributed by atoms with Crippen molar-refractivity contribution in [2.24, 2.45) is 7.05 Å². The van der Waals surface area contributed by atoms with E-state index in [1.54, 1.807) is 20.2 Å². The van der Waals surface area contributed by atoms with Gasteiger partial charge < -0.3 is 4.57 Å². The minimum Gasteiger partial charge on any atom is -0.302 e. The van der Waals surface area contributed by atoms with Crippen LogP contribution in [-0.2, 0) is 7.05 Å². The van der Waals surface area contributed by atoms with Crippen molar-refractivity contribution in [3.8, 4) is 0 Å². The molecule has 0 fully saturated rings. The van der Waals surface area contributed by atoms with Crippen molar-refractivity contribution < 1.29 is 5.21 Å². The Morgan fingerprint density at radius 1 is 1.67 bits per heavy atom. The zero-order chi connectivity index (χ0) is 8.43. The van der Waals surface area contributed by atoms with Crippen molar-refractivity contribution in [3.63, 3.8) is 0 Å². The number of rotatable bonds is 1. The van der Waals surface area contributed by atoms with Gasteiger partial charge in [-0.05, 0) is 6.92 Å². The van der Waals surface area contributed by atoms with Crippen LogP contribution in [0.3, 0.4) is 0 Å². The van der Waals surface area contributed by atoms with E-state index in [0.29, 0.717) is 0 Å².